The molecule has 0 fully saturated rings. The van der Waals surface area contributed by atoms with Crippen LogP contribution in [0.4, 0.5) is 11.4 Å². The van der Waals surface area contributed by atoms with E-state index in [0.717, 1.165) is 98.4 Å². The van der Waals surface area contributed by atoms with Gasteiger partial charge in [-0.25, -0.2) is 4.98 Å². The maximum Gasteiger partial charge on any atom is 0.0852 e. The molecule has 3 rings (SSSR count). The Labute approximate surface area is 263 Å². The highest BCUT2D eigenvalue weighted by atomic mass is 14.8. The molecule has 0 atom stereocenters. The van der Waals surface area contributed by atoms with Crippen molar-refractivity contribution in [3.05, 3.63) is 86.7 Å². The molecule has 0 aliphatic carbocycles. The van der Waals surface area contributed by atoms with Crippen molar-refractivity contribution in [1.29, 1.82) is 0 Å². The van der Waals surface area contributed by atoms with Gasteiger partial charge in [0.1, 0.15) is 0 Å². The van der Waals surface area contributed by atoms with E-state index >= 15 is 0 Å². The maximum absolute atomic E-state index is 5.31. The number of nitrogens with zero attached hydrogens (tertiary/aromatic N) is 3. The van der Waals surface area contributed by atoms with Crippen molar-refractivity contribution >= 4 is 22.8 Å². The molecule has 0 bridgehead atoms. The zero-order valence-electron chi connectivity index (χ0n) is 28.8. The average Bonchev–Trinajstić information content (AvgIpc) is 2.97. The summed E-state index contributed by atoms with van der Waals surface area (Å²) in [6, 6.07) is 13.9. The third kappa shape index (κ3) is 9.46. The van der Waals surface area contributed by atoms with Crippen LogP contribution in [0.1, 0.15) is 144 Å². The normalized spacial score (nSPS) is 12.3. The second-order valence-corrected chi connectivity index (χ2v) is 12.3. The molecule has 43 heavy (non-hydrogen) atoms. The molecule has 0 aliphatic heterocycles. The fourth-order valence-corrected chi connectivity index (χ4v) is 6.15. The fraction of sp³-hybridized carbons (Fsp3) is 0.525. The smallest absolute Gasteiger partial charge is 0.0852 e. The first-order chi connectivity index (χ1) is 20.8. The highest BCUT2D eigenvalue weighted by Crippen LogP contribution is 2.32. The molecule has 1 aromatic heterocycles. The molecule has 1 heterocycles. The van der Waals surface area contributed by atoms with Crippen LogP contribution >= 0.6 is 0 Å². The number of aryl methyl sites for hydroxylation is 7. The minimum atomic E-state index is 0.938. The van der Waals surface area contributed by atoms with Crippen LogP contribution in [-0.2, 0) is 38.5 Å². The van der Waals surface area contributed by atoms with Crippen LogP contribution in [0.15, 0.2) is 46.4 Å². The van der Waals surface area contributed by atoms with E-state index in [1.165, 1.54) is 51.8 Å². The molecule has 0 unspecified atom stereocenters. The molecule has 3 nitrogen and oxygen atoms in total. The summed E-state index contributed by atoms with van der Waals surface area (Å²) in [5, 5.41) is 0. The van der Waals surface area contributed by atoms with Gasteiger partial charge in [0.15, 0.2) is 0 Å². The van der Waals surface area contributed by atoms with Crippen LogP contribution < -0.4 is 0 Å². The Morgan fingerprint density at radius 1 is 0.488 bits per heavy atom. The zero-order chi connectivity index (χ0) is 31.4. The van der Waals surface area contributed by atoms with Gasteiger partial charge >= 0.3 is 0 Å². The highest BCUT2D eigenvalue weighted by Gasteiger charge is 2.15. The summed E-state index contributed by atoms with van der Waals surface area (Å²) < 4.78 is 0. The summed E-state index contributed by atoms with van der Waals surface area (Å²) in [6.45, 7) is 20.0. The van der Waals surface area contributed by atoms with E-state index in [1.54, 1.807) is 0 Å². The van der Waals surface area contributed by atoms with Crippen molar-refractivity contribution in [3.8, 4) is 0 Å². The van der Waals surface area contributed by atoms with Crippen molar-refractivity contribution in [1.82, 2.24) is 4.98 Å². The Morgan fingerprint density at radius 2 is 0.791 bits per heavy atom. The van der Waals surface area contributed by atoms with Crippen molar-refractivity contribution in [2.45, 2.75) is 139 Å². The van der Waals surface area contributed by atoms with Crippen molar-refractivity contribution in [3.63, 3.8) is 0 Å². The van der Waals surface area contributed by atoms with Gasteiger partial charge in [-0.3, -0.25) is 9.98 Å². The average molecular weight is 580 g/mol. The van der Waals surface area contributed by atoms with Crippen LogP contribution in [0, 0.1) is 6.92 Å². The van der Waals surface area contributed by atoms with Crippen molar-refractivity contribution < 1.29 is 0 Å². The third-order valence-electron chi connectivity index (χ3n) is 8.08. The van der Waals surface area contributed by atoms with E-state index in [9.17, 15) is 0 Å². The van der Waals surface area contributed by atoms with Gasteiger partial charge in [0.2, 0.25) is 0 Å². The number of hydrogen-bond acceptors (Lipinski definition) is 3. The number of hydrogen-bond donors (Lipinski definition) is 0. The monoisotopic (exact) mass is 579 g/mol. The molecule has 0 saturated carbocycles. The Balaban J connectivity index is 2.12. The predicted octanol–water partition coefficient (Wildman–Crippen LogP) is 11.4. The van der Waals surface area contributed by atoms with E-state index in [4.69, 9.17) is 15.0 Å². The molecule has 0 spiro atoms. The standard InChI is InChI=1S/C40H57N3/c1-10-16-31-24-33(18-12-3)39(34(25-31)19-13-4)41-29(8)37-22-28(7)23-38(43-37)30(9)42-40-35(20-14-5)26-32(17-11-2)27-36(40)21-15-6/h22-27H,10-21H2,1-9H3. The Kier molecular flexibility index (Phi) is 13.8. The summed E-state index contributed by atoms with van der Waals surface area (Å²) in [7, 11) is 0. The minimum absolute atomic E-state index is 0.938. The van der Waals surface area contributed by atoms with Crippen LogP contribution in [0.25, 0.3) is 0 Å². The zero-order valence-corrected chi connectivity index (χ0v) is 28.8. The van der Waals surface area contributed by atoms with E-state index in [0.29, 0.717) is 0 Å². The minimum Gasteiger partial charge on any atom is -0.251 e. The lowest BCUT2D eigenvalue weighted by Crippen LogP contribution is -2.07. The Bertz CT molecular complexity index is 1250. The second kappa shape index (κ2) is 17.3. The number of pyridine rings is 1. The van der Waals surface area contributed by atoms with E-state index in [2.05, 4.69) is 98.7 Å². The largest absolute Gasteiger partial charge is 0.251 e. The predicted molar refractivity (Wildman–Crippen MR) is 190 cm³/mol. The van der Waals surface area contributed by atoms with Crippen molar-refractivity contribution in [2.24, 2.45) is 9.98 Å². The summed E-state index contributed by atoms with van der Waals surface area (Å²) >= 11 is 0. The summed E-state index contributed by atoms with van der Waals surface area (Å²) in [5.41, 5.74) is 15.7. The van der Waals surface area contributed by atoms with Gasteiger partial charge in [0, 0.05) is 0 Å². The summed E-state index contributed by atoms with van der Waals surface area (Å²) in [5.74, 6) is 0. The molecule has 3 heteroatoms. The molecule has 2 aromatic carbocycles. The summed E-state index contributed by atoms with van der Waals surface area (Å²) in [4.78, 5) is 15.8. The molecule has 0 aliphatic rings. The first-order valence-corrected chi connectivity index (χ1v) is 17.2. The quantitative estimate of drug-likeness (QED) is 0.156. The molecule has 3 aromatic rings. The number of benzene rings is 2. The maximum atomic E-state index is 5.31. The molecular formula is C40H57N3. The number of rotatable bonds is 16. The van der Waals surface area contributed by atoms with Crippen LogP contribution in [0.2, 0.25) is 0 Å². The second-order valence-electron chi connectivity index (χ2n) is 12.3. The van der Waals surface area contributed by atoms with Gasteiger partial charge in [-0.1, -0.05) is 104 Å². The topological polar surface area (TPSA) is 37.6 Å². The van der Waals surface area contributed by atoms with Gasteiger partial charge in [0.25, 0.3) is 0 Å². The van der Waals surface area contributed by atoms with Crippen LogP contribution in [0.5, 0.6) is 0 Å². The lowest BCUT2D eigenvalue weighted by Gasteiger charge is -2.16. The highest BCUT2D eigenvalue weighted by molar-refractivity contribution is 6.03. The SMILES string of the molecule is CCCc1cc(CCC)c(N=C(C)c2cc(C)cc(C(C)=Nc3c(CCC)cc(CCC)cc3CCC)n2)c(CCC)c1. The molecule has 0 radical (unpaired) electrons. The molecule has 0 saturated heterocycles. The number of aromatic nitrogens is 1. The van der Waals surface area contributed by atoms with E-state index < -0.39 is 0 Å². The Morgan fingerprint density at radius 3 is 1.07 bits per heavy atom. The van der Waals surface area contributed by atoms with E-state index in [-0.39, 0.29) is 0 Å². The summed E-state index contributed by atoms with van der Waals surface area (Å²) in [6.07, 6.45) is 13.2. The van der Waals surface area contributed by atoms with E-state index in [1.807, 2.05) is 0 Å². The molecule has 0 N–H and O–H groups in total. The first kappa shape index (κ1) is 34.4. The lowest BCUT2D eigenvalue weighted by atomic mass is 9.95. The van der Waals surface area contributed by atoms with Crippen LogP contribution in [0.3, 0.4) is 0 Å². The van der Waals surface area contributed by atoms with Gasteiger partial charge in [0.05, 0.1) is 34.2 Å². The number of aliphatic imine (C=N–C) groups is 2. The van der Waals surface area contributed by atoms with Gasteiger partial charge in [-0.05, 0) is 110 Å². The fourth-order valence-electron chi connectivity index (χ4n) is 6.15. The lowest BCUT2D eigenvalue weighted by molar-refractivity contribution is 0.870. The van der Waals surface area contributed by atoms with Gasteiger partial charge in [-0.2, -0.15) is 0 Å². The molecular weight excluding hydrogens is 522 g/mol. The molecule has 0 amide bonds. The third-order valence-corrected chi connectivity index (χ3v) is 8.08. The van der Waals surface area contributed by atoms with Gasteiger partial charge < -0.3 is 0 Å². The van der Waals surface area contributed by atoms with Crippen LogP contribution in [-0.4, -0.2) is 16.4 Å². The van der Waals surface area contributed by atoms with Gasteiger partial charge in [-0.15, -0.1) is 0 Å². The molecule has 232 valence electrons. The first-order valence-electron chi connectivity index (χ1n) is 17.2. The Hall–Kier alpha value is -3.07. The van der Waals surface area contributed by atoms with Crippen molar-refractivity contribution in [2.75, 3.05) is 0 Å².